The molecule has 154 valence electrons. The summed E-state index contributed by atoms with van der Waals surface area (Å²) in [4.78, 5) is 11.4. The monoisotopic (exact) mass is 407 g/mol. The van der Waals surface area contributed by atoms with Crippen molar-refractivity contribution >= 4 is 11.4 Å². The van der Waals surface area contributed by atoms with Crippen LogP contribution in [0.1, 0.15) is 24.0 Å². The van der Waals surface area contributed by atoms with Crippen LogP contribution >= 0.6 is 0 Å². The fourth-order valence-corrected chi connectivity index (χ4v) is 4.07. The van der Waals surface area contributed by atoms with Gasteiger partial charge in [0, 0.05) is 18.9 Å². The molecular weight excluding hydrogens is 382 g/mol. The predicted octanol–water partition coefficient (Wildman–Crippen LogP) is 6.72. The zero-order valence-corrected chi connectivity index (χ0v) is 17.7. The largest absolute Gasteiger partial charge is 0.453 e. The second kappa shape index (κ2) is 8.60. The third-order valence-corrected chi connectivity index (χ3v) is 5.63. The van der Waals surface area contributed by atoms with Crippen molar-refractivity contribution < 1.29 is 4.74 Å². The van der Waals surface area contributed by atoms with E-state index in [1.165, 1.54) is 11.1 Å². The van der Waals surface area contributed by atoms with Gasteiger partial charge in [-0.05, 0) is 85.8 Å². The Morgan fingerprint density at radius 2 is 1.39 bits per heavy atom. The molecule has 2 aromatic carbocycles. The van der Waals surface area contributed by atoms with Crippen molar-refractivity contribution in [2.75, 3.05) is 11.4 Å². The summed E-state index contributed by atoms with van der Waals surface area (Å²) in [5.41, 5.74) is 6.65. The molecule has 3 heterocycles. The summed E-state index contributed by atoms with van der Waals surface area (Å²) < 4.78 is 6.09. The smallest absolute Gasteiger partial charge is 0.151 e. The summed E-state index contributed by atoms with van der Waals surface area (Å²) in [7, 11) is 0. The average Bonchev–Trinajstić information content (AvgIpc) is 2.81. The van der Waals surface area contributed by atoms with E-state index in [-0.39, 0.29) is 0 Å². The summed E-state index contributed by atoms with van der Waals surface area (Å²) in [5, 5.41) is 0. The maximum absolute atomic E-state index is 6.09. The minimum absolute atomic E-state index is 0.922. The quantitative estimate of drug-likeness (QED) is 0.333. The number of aryl methyl sites for hydroxylation is 2. The van der Waals surface area contributed by atoms with E-state index >= 15 is 0 Å². The Morgan fingerprint density at radius 3 is 2.10 bits per heavy atom. The normalized spacial score (nSPS) is 12.1. The maximum atomic E-state index is 6.09. The highest BCUT2D eigenvalue weighted by Gasteiger charge is 2.23. The van der Waals surface area contributed by atoms with Gasteiger partial charge in [-0.2, -0.15) is 0 Å². The van der Waals surface area contributed by atoms with Gasteiger partial charge in [-0.1, -0.05) is 24.3 Å². The zero-order valence-electron chi connectivity index (χ0n) is 17.7. The van der Waals surface area contributed by atoms with E-state index < -0.39 is 0 Å². The molecule has 4 heteroatoms. The number of aromatic nitrogens is 2. The average molecular weight is 408 g/mol. The molecule has 0 fully saturated rings. The number of nitrogens with zero attached hydrogens (tertiary/aromatic N) is 3. The molecule has 0 bridgehead atoms. The Balaban J connectivity index is 1.26. The Labute approximate surface area is 183 Å². The fraction of sp³-hybridized carbons (Fsp3) is 0.185. The van der Waals surface area contributed by atoms with Crippen molar-refractivity contribution in [1.82, 2.24) is 9.97 Å². The molecule has 31 heavy (non-hydrogen) atoms. The van der Waals surface area contributed by atoms with Gasteiger partial charge >= 0.3 is 0 Å². The number of rotatable bonds is 6. The molecule has 0 N–H and O–H groups in total. The third-order valence-electron chi connectivity index (χ3n) is 5.63. The van der Waals surface area contributed by atoms with Crippen LogP contribution in [0.15, 0.2) is 85.2 Å². The van der Waals surface area contributed by atoms with Crippen LogP contribution in [0.25, 0.3) is 11.4 Å². The number of ether oxygens (including phenoxy) is 1. The van der Waals surface area contributed by atoms with Crippen molar-refractivity contribution in [3.8, 4) is 22.9 Å². The van der Waals surface area contributed by atoms with Crippen molar-refractivity contribution in [1.29, 1.82) is 0 Å². The molecule has 4 nitrogen and oxygen atoms in total. The highest BCUT2D eigenvalue weighted by molar-refractivity contribution is 5.77. The van der Waals surface area contributed by atoms with Crippen molar-refractivity contribution in [2.45, 2.75) is 26.2 Å². The summed E-state index contributed by atoms with van der Waals surface area (Å²) in [6.45, 7) is 3.03. The van der Waals surface area contributed by atoms with Gasteiger partial charge in [0.1, 0.15) is 0 Å². The number of benzene rings is 2. The topological polar surface area (TPSA) is 38.2 Å². The highest BCUT2D eigenvalue weighted by Crippen LogP contribution is 2.46. The highest BCUT2D eigenvalue weighted by atomic mass is 16.5. The summed E-state index contributed by atoms with van der Waals surface area (Å²) >= 11 is 0. The van der Waals surface area contributed by atoms with E-state index in [4.69, 9.17) is 4.74 Å². The number of hydrogen-bond acceptors (Lipinski definition) is 4. The lowest BCUT2D eigenvalue weighted by atomic mass is 10.1. The van der Waals surface area contributed by atoms with Crippen LogP contribution in [0.4, 0.5) is 11.4 Å². The standard InChI is InChI=1S/C27H25N3O/c1-20-13-15-28-22(18-20)23-19-21(14-16-29-23)8-6-7-17-30-24-9-2-4-11-26(24)31-27-12-5-3-10-25(27)30/h2-5,9-16,18-19H,6-8,17H2,1H3. The van der Waals surface area contributed by atoms with Crippen LogP contribution in [-0.4, -0.2) is 16.5 Å². The Bertz CT molecular complexity index is 1160. The SMILES string of the molecule is Cc1ccnc(-c2cc(CCCCN3c4ccccc4Oc4ccccc43)ccn2)c1. The van der Waals surface area contributed by atoms with Gasteiger partial charge in [0.05, 0.1) is 22.8 Å². The molecule has 2 aromatic heterocycles. The van der Waals surface area contributed by atoms with Gasteiger partial charge in [0.25, 0.3) is 0 Å². The zero-order chi connectivity index (χ0) is 21.0. The summed E-state index contributed by atoms with van der Waals surface area (Å²) in [6.07, 6.45) is 6.95. The fourth-order valence-electron chi connectivity index (χ4n) is 4.07. The summed E-state index contributed by atoms with van der Waals surface area (Å²) in [6, 6.07) is 24.9. The molecule has 0 radical (unpaired) electrons. The first kappa shape index (κ1) is 19.3. The number of pyridine rings is 2. The van der Waals surface area contributed by atoms with Crippen LogP contribution in [0, 0.1) is 6.92 Å². The molecular formula is C27H25N3O. The predicted molar refractivity (Wildman–Crippen MR) is 125 cm³/mol. The van der Waals surface area contributed by atoms with E-state index in [9.17, 15) is 0 Å². The van der Waals surface area contributed by atoms with E-state index in [1.807, 2.05) is 42.7 Å². The molecule has 0 aliphatic carbocycles. The molecule has 0 amide bonds. The van der Waals surface area contributed by atoms with Gasteiger partial charge in [-0.3, -0.25) is 9.97 Å². The third kappa shape index (κ3) is 4.15. The van der Waals surface area contributed by atoms with E-state index in [1.54, 1.807) is 0 Å². The Hall–Kier alpha value is -3.66. The van der Waals surface area contributed by atoms with E-state index in [2.05, 4.69) is 64.3 Å². The van der Waals surface area contributed by atoms with Crippen LogP contribution in [-0.2, 0) is 6.42 Å². The number of unbranched alkanes of at least 4 members (excludes halogenated alkanes) is 1. The van der Waals surface area contributed by atoms with Gasteiger partial charge < -0.3 is 9.64 Å². The molecule has 0 saturated heterocycles. The lowest BCUT2D eigenvalue weighted by molar-refractivity contribution is 0.472. The van der Waals surface area contributed by atoms with Crippen LogP contribution in [0.3, 0.4) is 0 Å². The minimum atomic E-state index is 0.922. The lowest BCUT2D eigenvalue weighted by Crippen LogP contribution is -2.22. The van der Waals surface area contributed by atoms with Crippen LogP contribution in [0.5, 0.6) is 11.5 Å². The van der Waals surface area contributed by atoms with Crippen LogP contribution < -0.4 is 9.64 Å². The van der Waals surface area contributed by atoms with Crippen molar-refractivity contribution in [2.24, 2.45) is 0 Å². The van der Waals surface area contributed by atoms with Gasteiger partial charge in [0.2, 0.25) is 0 Å². The van der Waals surface area contributed by atoms with Crippen molar-refractivity contribution in [3.05, 3.63) is 96.3 Å². The molecule has 0 atom stereocenters. The first-order chi connectivity index (χ1) is 15.3. The molecule has 0 spiro atoms. The lowest BCUT2D eigenvalue weighted by Gasteiger charge is -2.32. The molecule has 1 aliphatic heterocycles. The second-order valence-electron chi connectivity index (χ2n) is 7.91. The molecule has 1 aliphatic rings. The second-order valence-corrected chi connectivity index (χ2v) is 7.91. The molecule has 4 aromatic rings. The van der Waals surface area contributed by atoms with Crippen molar-refractivity contribution in [3.63, 3.8) is 0 Å². The molecule has 5 rings (SSSR count). The number of anilines is 2. The first-order valence-electron chi connectivity index (χ1n) is 10.8. The van der Waals surface area contributed by atoms with E-state index in [0.717, 1.165) is 60.1 Å². The molecule has 0 unspecified atom stereocenters. The van der Waals surface area contributed by atoms with Gasteiger partial charge in [-0.15, -0.1) is 0 Å². The number of para-hydroxylation sites is 4. The molecule has 0 saturated carbocycles. The Morgan fingerprint density at radius 1 is 0.742 bits per heavy atom. The van der Waals surface area contributed by atoms with E-state index in [0.29, 0.717) is 0 Å². The number of fused-ring (bicyclic) bond motifs is 2. The summed E-state index contributed by atoms with van der Waals surface area (Å²) in [5.74, 6) is 1.84. The maximum Gasteiger partial charge on any atom is 0.151 e. The number of hydrogen-bond donors (Lipinski definition) is 0. The van der Waals surface area contributed by atoms with Gasteiger partial charge in [0.15, 0.2) is 11.5 Å². The van der Waals surface area contributed by atoms with Crippen LogP contribution in [0.2, 0.25) is 0 Å². The van der Waals surface area contributed by atoms with Gasteiger partial charge in [-0.25, -0.2) is 0 Å². The Kier molecular flexibility index (Phi) is 5.36. The first-order valence-corrected chi connectivity index (χ1v) is 10.8. The minimum Gasteiger partial charge on any atom is -0.453 e.